The van der Waals surface area contributed by atoms with Crippen LogP contribution in [-0.2, 0) is 0 Å². The highest BCUT2D eigenvalue weighted by atomic mass is 16.6. The van der Waals surface area contributed by atoms with E-state index in [1.54, 1.807) is 48.5 Å². The van der Waals surface area contributed by atoms with E-state index < -0.39 is 9.85 Å². The SMILES string of the molecule is O=[N+]([O-])c1ccccc1Oc1ccc(Oc2ccccc2[N+](=O)[O-])cc1. The smallest absolute Gasteiger partial charge is 0.311 e. The number of hydrogen-bond acceptors (Lipinski definition) is 6. The molecular weight excluding hydrogens is 340 g/mol. The van der Waals surface area contributed by atoms with Gasteiger partial charge in [0, 0.05) is 12.1 Å². The minimum Gasteiger partial charge on any atom is -0.450 e. The van der Waals surface area contributed by atoms with Crippen molar-refractivity contribution in [3.05, 3.63) is 93.0 Å². The van der Waals surface area contributed by atoms with Crippen LogP contribution in [0.1, 0.15) is 0 Å². The average Bonchev–Trinajstić information content (AvgIpc) is 2.64. The topological polar surface area (TPSA) is 105 Å². The lowest BCUT2D eigenvalue weighted by Crippen LogP contribution is -1.94. The molecule has 0 amide bonds. The molecule has 0 aliphatic carbocycles. The normalized spacial score (nSPS) is 10.2. The number of benzene rings is 3. The lowest BCUT2D eigenvalue weighted by atomic mass is 10.3. The molecule has 3 rings (SSSR count). The number of rotatable bonds is 6. The number of nitro groups is 2. The molecule has 0 unspecified atom stereocenters. The molecule has 130 valence electrons. The molecular formula is C18H12N2O6. The maximum atomic E-state index is 11.0. The summed E-state index contributed by atoms with van der Waals surface area (Å²) in [5.41, 5.74) is -0.291. The first kappa shape index (κ1) is 16.9. The predicted octanol–water partition coefficient (Wildman–Crippen LogP) is 5.09. The summed E-state index contributed by atoms with van der Waals surface area (Å²) in [5, 5.41) is 22.0. The summed E-state index contributed by atoms with van der Waals surface area (Å²) in [7, 11) is 0. The Labute approximate surface area is 147 Å². The molecule has 0 atom stereocenters. The van der Waals surface area contributed by atoms with Crippen molar-refractivity contribution in [1.82, 2.24) is 0 Å². The van der Waals surface area contributed by atoms with Crippen LogP contribution in [0.5, 0.6) is 23.0 Å². The number of hydrogen-bond donors (Lipinski definition) is 0. The fraction of sp³-hybridized carbons (Fsp3) is 0. The van der Waals surface area contributed by atoms with Gasteiger partial charge < -0.3 is 9.47 Å². The molecule has 26 heavy (non-hydrogen) atoms. The molecule has 0 saturated carbocycles. The third kappa shape index (κ3) is 3.75. The fourth-order valence-electron chi connectivity index (χ4n) is 2.22. The second-order valence-electron chi connectivity index (χ2n) is 5.13. The van der Waals surface area contributed by atoms with E-state index in [0.717, 1.165) is 0 Å². The van der Waals surface area contributed by atoms with Crippen molar-refractivity contribution < 1.29 is 19.3 Å². The minimum atomic E-state index is -0.526. The highest BCUT2D eigenvalue weighted by Crippen LogP contribution is 2.34. The molecule has 0 radical (unpaired) electrons. The van der Waals surface area contributed by atoms with Gasteiger partial charge in [0.2, 0.25) is 11.5 Å². The van der Waals surface area contributed by atoms with Gasteiger partial charge in [-0.05, 0) is 36.4 Å². The molecule has 3 aromatic carbocycles. The van der Waals surface area contributed by atoms with Crippen LogP contribution in [-0.4, -0.2) is 9.85 Å². The van der Waals surface area contributed by atoms with Crippen LogP contribution in [0.4, 0.5) is 11.4 Å². The quantitative estimate of drug-likeness (QED) is 0.452. The van der Waals surface area contributed by atoms with Gasteiger partial charge in [0.05, 0.1) is 9.85 Å². The molecule has 0 N–H and O–H groups in total. The first-order valence-electron chi connectivity index (χ1n) is 7.47. The van der Waals surface area contributed by atoms with E-state index in [4.69, 9.17) is 9.47 Å². The molecule has 0 spiro atoms. The van der Waals surface area contributed by atoms with E-state index in [0.29, 0.717) is 11.5 Å². The van der Waals surface area contributed by atoms with Crippen molar-refractivity contribution in [2.75, 3.05) is 0 Å². The Hall–Kier alpha value is -3.94. The van der Waals surface area contributed by atoms with Crippen molar-refractivity contribution in [3.8, 4) is 23.0 Å². The molecule has 0 fully saturated rings. The fourth-order valence-corrected chi connectivity index (χ4v) is 2.22. The van der Waals surface area contributed by atoms with Gasteiger partial charge in [-0.15, -0.1) is 0 Å². The van der Waals surface area contributed by atoms with Crippen LogP contribution in [0, 0.1) is 20.2 Å². The maximum Gasteiger partial charge on any atom is 0.311 e. The Kier molecular flexibility index (Phi) is 4.75. The Bertz CT molecular complexity index is 877. The highest BCUT2D eigenvalue weighted by molar-refractivity contribution is 5.50. The van der Waals surface area contributed by atoms with E-state index in [1.807, 2.05) is 0 Å². The second kappa shape index (κ2) is 7.31. The first-order valence-corrected chi connectivity index (χ1v) is 7.47. The number of para-hydroxylation sites is 4. The summed E-state index contributed by atoms with van der Waals surface area (Å²) >= 11 is 0. The van der Waals surface area contributed by atoms with E-state index in [9.17, 15) is 20.2 Å². The summed E-state index contributed by atoms with van der Waals surface area (Å²) in [4.78, 5) is 21.0. The standard InChI is InChI=1S/C18H12N2O6/c21-19(22)15-5-1-3-7-17(15)25-13-9-11-14(12-10-13)26-18-8-4-2-6-16(18)20(23)24/h1-12H. The highest BCUT2D eigenvalue weighted by Gasteiger charge is 2.16. The second-order valence-corrected chi connectivity index (χ2v) is 5.13. The molecule has 0 aliphatic heterocycles. The van der Waals surface area contributed by atoms with Crippen LogP contribution in [0.25, 0.3) is 0 Å². The predicted molar refractivity (Wildman–Crippen MR) is 92.8 cm³/mol. The lowest BCUT2D eigenvalue weighted by molar-refractivity contribution is -0.385. The van der Waals surface area contributed by atoms with Crippen molar-refractivity contribution in [2.45, 2.75) is 0 Å². The maximum absolute atomic E-state index is 11.0. The van der Waals surface area contributed by atoms with Gasteiger partial charge in [0.25, 0.3) is 0 Å². The zero-order chi connectivity index (χ0) is 18.5. The third-order valence-electron chi connectivity index (χ3n) is 3.40. The summed E-state index contributed by atoms with van der Waals surface area (Å²) < 4.78 is 11.1. The lowest BCUT2D eigenvalue weighted by Gasteiger charge is -2.08. The van der Waals surface area contributed by atoms with Crippen LogP contribution >= 0.6 is 0 Å². The molecule has 8 heteroatoms. The Morgan fingerprint density at radius 2 is 0.923 bits per heavy atom. The van der Waals surface area contributed by atoms with Gasteiger partial charge in [-0.25, -0.2) is 0 Å². The van der Waals surface area contributed by atoms with Crippen molar-refractivity contribution >= 4 is 11.4 Å². The van der Waals surface area contributed by atoms with Gasteiger partial charge in [-0.1, -0.05) is 24.3 Å². The first-order chi connectivity index (χ1) is 12.5. The Morgan fingerprint density at radius 3 is 1.27 bits per heavy atom. The molecule has 0 aromatic heterocycles. The molecule has 0 aliphatic rings. The van der Waals surface area contributed by atoms with Gasteiger partial charge in [0.15, 0.2) is 0 Å². The monoisotopic (exact) mass is 352 g/mol. The van der Waals surface area contributed by atoms with Gasteiger partial charge >= 0.3 is 11.4 Å². The largest absolute Gasteiger partial charge is 0.450 e. The molecule has 8 nitrogen and oxygen atoms in total. The van der Waals surface area contributed by atoms with E-state index in [-0.39, 0.29) is 22.9 Å². The summed E-state index contributed by atoms with van der Waals surface area (Å²) in [5.74, 6) is 0.971. The van der Waals surface area contributed by atoms with Crippen LogP contribution in [0.15, 0.2) is 72.8 Å². The van der Waals surface area contributed by atoms with Crippen LogP contribution in [0.3, 0.4) is 0 Å². The van der Waals surface area contributed by atoms with Crippen LogP contribution < -0.4 is 9.47 Å². The van der Waals surface area contributed by atoms with Gasteiger partial charge in [0.1, 0.15) is 11.5 Å². The van der Waals surface area contributed by atoms with Crippen molar-refractivity contribution in [2.24, 2.45) is 0 Å². The summed E-state index contributed by atoms with van der Waals surface area (Å²) in [6, 6.07) is 18.3. The van der Waals surface area contributed by atoms with E-state index >= 15 is 0 Å². The Balaban J connectivity index is 1.78. The van der Waals surface area contributed by atoms with E-state index in [1.165, 1.54) is 24.3 Å². The van der Waals surface area contributed by atoms with Crippen LogP contribution in [0.2, 0.25) is 0 Å². The number of nitrogens with zero attached hydrogens (tertiary/aromatic N) is 2. The van der Waals surface area contributed by atoms with Gasteiger partial charge in [-0.2, -0.15) is 0 Å². The number of nitro benzene ring substituents is 2. The average molecular weight is 352 g/mol. The van der Waals surface area contributed by atoms with E-state index in [2.05, 4.69) is 0 Å². The molecule has 0 heterocycles. The molecule has 3 aromatic rings. The van der Waals surface area contributed by atoms with Crippen molar-refractivity contribution in [3.63, 3.8) is 0 Å². The minimum absolute atomic E-state index is 0.116. The Morgan fingerprint density at radius 1 is 0.577 bits per heavy atom. The zero-order valence-electron chi connectivity index (χ0n) is 13.3. The zero-order valence-corrected chi connectivity index (χ0v) is 13.3. The summed E-state index contributed by atoms with van der Waals surface area (Å²) in [6.45, 7) is 0. The van der Waals surface area contributed by atoms with Crippen molar-refractivity contribution in [1.29, 1.82) is 0 Å². The third-order valence-corrected chi connectivity index (χ3v) is 3.40. The van der Waals surface area contributed by atoms with Gasteiger partial charge in [-0.3, -0.25) is 20.2 Å². The summed E-state index contributed by atoms with van der Waals surface area (Å²) in [6.07, 6.45) is 0. The molecule has 0 saturated heterocycles. The number of ether oxygens (including phenoxy) is 2. The molecule has 0 bridgehead atoms.